The summed E-state index contributed by atoms with van der Waals surface area (Å²) in [5, 5.41) is 0. The number of carbonyl (C=O) groups excluding carboxylic acids is 1. The number of carbonyl (C=O) groups is 1. The number of fused-ring (bicyclic) bond motifs is 3. The highest BCUT2D eigenvalue weighted by Gasteiger charge is 2.39. The number of hydrogen-bond donors (Lipinski definition) is 0. The van der Waals surface area contributed by atoms with Crippen molar-refractivity contribution in [2.24, 2.45) is 0 Å². The predicted molar refractivity (Wildman–Crippen MR) is 98.6 cm³/mol. The number of cyclic esters (lactones) is 1. The molecule has 2 atom stereocenters. The van der Waals surface area contributed by atoms with Gasteiger partial charge in [0.25, 0.3) is 0 Å². The van der Waals surface area contributed by atoms with Gasteiger partial charge >= 0.3 is 6.09 Å². The average Bonchev–Trinajstić information content (AvgIpc) is 2.61. The van der Waals surface area contributed by atoms with Crippen LogP contribution in [0.15, 0.2) is 48.5 Å². The van der Waals surface area contributed by atoms with Crippen LogP contribution in [0.3, 0.4) is 0 Å². The summed E-state index contributed by atoms with van der Waals surface area (Å²) in [4.78, 5) is 14.4. The lowest BCUT2D eigenvalue weighted by molar-refractivity contribution is -0.00647. The molecule has 2 aromatic carbocycles. The van der Waals surface area contributed by atoms with Gasteiger partial charge in [-0.3, -0.25) is 0 Å². The third-order valence-electron chi connectivity index (χ3n) is 5.48. The molecule has 1 fully saturated rings. The van der Waals surface area contributed by atoms with Crippen LogP contribution in [-0.4, -0.2) is 17.5 Å². The molecule has 0 spiro atoms. The van der Waals surface area contributed by atoms with Gasteiger partial charge in [0, 0.05) is 13.0 Å². The van der Waals surface area contributed by atoms with Crippen LogP contribution in [-0.2, 0) is 16.6 Å². The molecule has 0 saturated carbocycles. The van der Waals surface area contributed by atoms with Gasteiger partial charge in [0.2, 0.25) is 0 Å². The average molecular weight is 335 g/mol. The third-order valence-corrected chi connectivity index (χ3v) is 5.48. The van der Waals surface area contributed by atoms with E-state index < -0.39 is 0 Å². The van der Waals surface area contributed by atoms with Crippen molar-refractivity contribution in [1.29, 1.82) is 0 Å². The lowest BCUT2D eigenvalue weighted by Crippen LogP contribution is -2.45. The minimum Gasteiger partial charge on any atom is -0.441 e. The Kier molecular flexibility index (Phi) is 3.82. The number of hydrogen-bond acceptors (Lipinski definition) is 2. The fourth-order valence-electron chi connectivity index (χ4n) is 3.97. The number of amides is 1. The Morgan fingerprint density at radius 2 is 1.76 bits per heavy atom. The molecule has 0 N–H and O–H groups in total. The van der Waals surface area contributed by atoms with Crippen molar-refractivity contribution in [1.82, 2.24) is 4.90 Å². The van der Waals surface area contributed by atoms with Gasteiger partial charge in [0.15, 0.2) is 0 Å². The molecule has 0 radical (unpaired) electrons. The molecular formula is C22H25NO2. The van der Waals surface area contributed by atoms with Crippen molar-refractivity contribution in [3.8, 4) is 0 Å². The first kappa shape index (κ1) is 16.2. The highest BCUT2D eigenvalue weighted by molar-refractivity contribution is 5.70. The van der Waals surface area contributed by atoms with Gasteiger partial charge in [-0.05, 0) is 34.1 Å². The van der Waals surface area contributed by atoms with Crippen LogP contribution in [0.1, 0.15) is 61.6 Å². The second-order valence-electron chi connectivity index (χ2n) is 8.14. The first-order valence-corrected chi connectivity index (χ1v) is 9.09. The summed E-state index contributed by atoms with van der Waals surface area (Å²) in [6.07, 6.45) is 1.37. The molecule has 0 aromatic heterocycles. The lowest BCUT2D eigenvalue weighted by Gasteiger charge is -2.42. The summed E-state index contributed by atoms with van der Waals surface area (Å²) in [6, 6.07) is 17.1. The van der Waals surface area contributed by atoms with E-state index >= 15 is 0 Å². The minimum atomic E-state index is -0.185. The summed E-state index contributed by atoms with van der Waals surface area (Å²) < 4.78 is 5.77. The Labute approximate surface area is 149 Å². The lowest BCUT2D eigenvalue weighted by atomic mass is 9.84. The topological polar surface area (TPSA) is 29.5 Å². The molecule has 3 heteroatoms. The van der Waals surface area contributed by atoms with Gasteiger partial charge in [0.1, 0.15) is 6.10 Å². The quantitative estimate of drug-likeness (QED) is 0.720. The number of rotatable bonds is 1. The largest absolute Gasteiger partial charge is 0.441 e. The maximum atomic E-state index is 12.6. The summed E-state index contributed by atoms with van der Waals surface area (Å²) in [5.74, 6) is 0. The van der Waals surface area contributed by atoms with E-state index in [0.717, 1.165) is 24.9 Å². The zero-order valence-electron chi connectivity index (χ0n) is 15.2. The van der Waals surface area contributed by atoms with Gasteiger partial charge in [-0.15, -0.1) is 0 Å². The van der Waals surface area contributed by atoms with E-state index in [1.807, 2.05) is 4.90 Å². The van der Waals surface area contributed by atoms with Crippen LogP contribution in [0, 0.1) is 0 Å². The van der Waals surface area contributed by atoms with Crippen LogP contribution in [0.4, 0.5) is 4.79 Å². The minimum absolute atomic E-state index is 0.124. The van der Waals surface area contributed by atoms with E-state index in [2.05, 4.69) is 69.3 Å². The molecule has 25 heavy (non-hydrogen) atoms. The van der Waals surface area contributed by atoms with Crippen molar-refractivity contribution in [2.45, 2.75) is 51.2 Å². The van der Waals surface area contributed by atoms with Crippen LogP contribution in [0.5, 0.6) is 0 Å². The highest BCUT2D eigenvalue weighted by Crippen LogP contribution is 2.42. The molecule has 3 nitrogen and oxygen atoms in total. The maximum absolute atomic E-state index is 12.6. The van der Waals surface area contributed by atoms with Gasteiger partial charge in [-0.2, -0.15) is 0 Å². The molecule has 1 saturated heterocycles. The van der Waals surface area contributed by atoms with Crippen molar-refractivity contribution < 1.29 is 9.53 Å². The molecule has 0 bridgehead atoms. The molecule has 0 unspecified atom stereocenters. The molecule has 2 heterocycles. The molecule has 2 aromatic rings. The highest BCUT2D eigenvalue weighted by atomic mass is 16.6. The number of nitrogens with zero attached hydrogens (tertiary/aromatic N) is 1. The van der Waals surface area contributed by atoms with Gasteiger partial charge < -0.3 is 9.64 Å². The maximum Gasteiger partial charge on any atom is 0.410 e. The van der Waals surface area contributed by atoms with Crippen molar-refractivity contribution >= 4 is 6.09 Å². The molecule has 0 aliphatic carbocycles. The SMILES string of the molecule is CC(C)(C)c1ccc([C@H]2C[C@@H]3c4ccccc4CCN3C(=O)O2)cc1. The second kappa shape index (κ2) is 5.91. The Hall–Kier alpha value is -2.29. The van der Waals surface area contributed by atoms with E-state index in [-0.39, 0.29) is 23.7 Å². The standard InChI is InChI=1S/C22H25NO2/c1-22(2,3)17-10-8-16(9-11-17)20-14-19-18-7-5-4-6-15(18)12-13-23(19)21(24)25-20/h4-11,19-20H,12-14H2,1-3H3/t19-,20-/m1/s1. The molecule has 2 aliphatic rings. The number of benzene rings is 2. The molecular weight excluding hydrogens is 310 g/mol. The first-order chi connectivity index (χ1) is 11.9. The molecule has 2 aliphatic heterocycles. The van der Waals surface area contributed by atoms with Crippen LogP contribution < -0.4 is 0 Å². The van der Waals surface area contributed by atoms with E-state index in [1.165, 1.54) is 16.7 Å². The smallest absolute Gasteiger partial charge is 0.410 e. The second-order valence-corrected chi connectivity index (χ2v) is 8.14. The Bertz CT molecular complexity index is 788. The first-order valence-electron chi connectivity index (χ1n) is 9.09. The molecule has 1 amide bonds. The van der Waals surface area contributed by atoms with Crippen molar-refractivity contribution in [2.75, 3.05) is 6.54 Å². The Morgan fingerprint density at radius 1 is 1.04 bits per heavy atom. The van der Waals surface area contributed by atoms with Crippen LogP contribution in [0.25, 0.3) is 0 Å². The predicted octanol–water partition coefficient (Wildman–Crippen LogP) is 5.16. The van der Waals surface area contributed by atoms with Gasteiger partial charge in [-0.25, -0.2) is 4.79 Å². The third kappa shape index (κ3) is 2.92. The summed E-state index contributed by atoms with van der Waals surface area (Å²) in [6.45, 7) is 7.37. The van der Waals surface area contributed by atoms with Crippen LogP contribution >= 0.6 is 0 Å². The van der Waals surface area contributed by atoms with E-state index in [4.69, 9.17) is 4.74 Å². The normalized spacial score (nSPS) is 22.8. The molecule has 130 valence electrons. The van der Waals surface area contributed by atoms with Gasteiger partial charge in [-0.1, -0.05) is 69.3 Å². The monoisotopic (exact) mass is 335 g/mol. The summed E-state index contributed by atoms with van der Waals surface area (Å²) >= 11 is 0. The van der Waals surface area contributed by atoms with Crippen molar-refractivity contribution in [3.05, 3.63) is 70.8 Å². The zero-order chi connectivity index (χ0) is 17.6. The Balaban J connectivity index is 1.63. The summed E-state index contributed by atoms with van der Waals surface area (Å²) in [5.41, 5.74) is 5.15. The van der Waals surface area contributed by atoms with Crippen molar-refractivity contribution in [3.63, 3.8) is 0 Å². The van der Waals surface area contributed by atoms with E-state index in [1.54, 1.807) is 0 Å². The number of ether oxygens (including phenoxy) is 1. The van der Waals surface area contributed by atoms with Gasteiger partial charge in [0.05, 0.1) is 6.04 Å². The Morgan fingerprint density at radius 3 is 2.48 bits per heavy atom. The fourth-order valence-corrected chi connectivity index (χ4v) is 3.97. The van der Waals surface area contributed by atoms with E-state index in [0.29, 0.717) is 0 Å². The fraction of sp³-hybridized carbons (Fsp3) is 0.409. The summed E-state index contributed by atoms with van der Waals surface area (Å²) in [7, 11) is 0. The zero-order valence-corrected chi connectivity index (χ0v) is 15.2. The van der Waals surface area contributed by atoms with E-state index in [9.17, 15) is 4.79 Å². The van der Waals surface area contributed by atoms with Crippen LogP contribution in [0.2, 0.25) is 0 Å². The molecule has 4 rings (SSSR count).